The number of carbonyl (C=O) groups is 1. The van der Waals surface area contributed by atoms with Crippen molar-refractivity contribution in [3.63, 3.8) is 0 Å². The first-order chi connectivity index (χ1) is 30.6. The topological polar surface area (TPSA) is 94.1 Å². The first-order valence-electron chi connectivity index (χ1n) is 27.1. The lowest BCUT2D eigenvalue weighted by atomic mass is 10.0. The van der Waals surface area contributed by atoms with Gasteiger partial charge in [0, 0.05) is 6.42 Å². The minimum atomic E-state index is -4.55. The Morgan fingerprint density at radius 3 is 1.22 bits per heavy atom. The van der Waals surface area contributed by atoms with E-state index >= 15 is 0 Å². The average Bonchev–Trinajstić information content (AvgIpc) is 3.24. The van der Waals surface area contributed by atoms with Crippen LogP contribution < -0.4 is 4.89 Å². The van der Waals surface area contributed by atoms with E-state index in [2.05, 4.69) is 26.0 Å². The van der Waals surface area contributed by atoms with Crippen molar-refractivity contribution in [2.45, 2.75) is 270 Å². The van der Waals surface area contributed by atoms with E-state index in [-0.39, 0.29) is 32.2 Å². The molecule has 0 radical (unpaired) electrons. The number of phosphoric acid groups is 1. The fraction of sp³-hybridized carbons (Fsp3) is 0.907. The highest BCUT2D eigenvalue weighted by atomic mass is 31.2. The highest BCUT2D eigenvalue weighted by molar-refractivity contribution is 7.45. The maximum Gasteiger partial charge on any atom is 0.306 e. The number of hydrogen-bond acceptors (Lipinski definition) is 7. The zero-order valence-electron chi connectivity index (χ0n) is 42.5. The quantitative estimate of drug-likeness (QED) is 0.0150. The summed E-state index contributed by atoms with van der Waals surface area (Å²) in [6, 6.07) is 0. The van der Waals surface area contributed by atoms with E-state index in [1.807, 2.05) is 27.2 Å². The standard InChI is InChI=1S/C54H106NO7P/c1-6-8-10-12-14-16-18-20-22-24-26-27-28-29-30-31-33-35-37-39-41-43-45-47-54(56)62-53(52-61-63(57,58)60-50-48-55(3,4)5)51-59-49-46-44-42-40-38-36-34-32-25-23-21-19-17-15-13-11-9-7-2/h39,41,46,49,53H,6-38,40,42-45,47-48,50-52H2,1-5H3/b41-39+,49-46+/t53-/m1/s1. The summed E-state index contributed by atoms with van der Waals surface area (Å²) in [7, 11) is 1.32. The molecule has 0 heterocycles. The third kappa shape index (κ3) is 51.7. The van der Waals surface area contributed by atoms with Crippen molar-refractivity contribution in [3.8, 4) is 0 Å². The van der Waals surface area contributed by atoms with E-state index in [1.165, 1.54) is 212 Å². The molecular formula is C54H106NO7P. The maximum atomic E-state index is 12.7. The average molecular weight is 912 g/mol. The van der Waals surface area contributed by atoms with E-state index in [4.69, 9.17) is 18.5 Å². The summed E-state index contributed by atoms with van der Waals surface area (Å²) in [6.07, 6.45) is 57.5. The molecule has 63 heavy (non-hydrogen) atoms. The van der Waals surface area contributed by atoms with Crippen LogP contribution in [0.4, 0.5) is 0 Å². The molecule has 0 bridgehead atoms. The Morgan fingerprint density at radius 1 is 0.492 bits per heavy atom. The second kappa shape index (κ2) is 47.3. The Labute approximate surface area is 392 Å². The Morgan fingerprint density at radius 2 is 0.841 bits per heavy atom. The number of hydrogen-bond donors (Lipinski definition) is 0. The molecule has 0 spiro atoms. The van der Waals surface area contributed by atoms with Crippen molar-refractivity contribution in [2.24, 2.45) is 0 Å². The first-order valence-corrected chi connectivity index (χ1v) is 28.6. The number of nitrogens with zero attached hydrogens (tertiary/aromatic N) is 1. The van der Waals surface area contributed by atoms with E-state index in [1.54, 1.807) is 6.26 Å². The lowest BCUT2D eigenvalue weighted by Crippen LogP contribution is -2.37. The summed E-state index contributed by atoms with van der Waals surface area (Å²) < 4.78 is 34.5. The van der Waals surface area contributed by atoms with Gasteiger partial charge in [0.25, 0.3) is 7.82 Å². The second-order valence-corrected chi connectivity index (χ2v) is 21.1. The van der Waals surface area contributed by atoms with Crippen molar-refractivity contribution < 1.29 is 37.3 Å². The third-order valence-corrected chi connectivity index (χ3v) is 13.0. The van der Waals surface area contributed by atoms with Crippen LogP contribution in [0.5, 0.6) is 0 Å². The summed E-state index contributed by atoms with van der Waals surface area (Å²) in [5.74, 6) is -0.382. The van der Waals surface area contributed by atoms with E-state index < -0.39 is 13.9 Å². The summed E-state index contributed by atoms with van der Waals surface area (Å²) in [5, 5.41) is 0. The molecule has 0 fully saturated rings. The molecule has 0 rings (SSSR count). The summed E-state index contributed by atoms with van der Waals surface area (Å²) in [6.45, 7) is 4.76. The summed E-state index contributed by atoms with van der Waals surface area (Å²) >= 11 is 0. The van der Waals surface area contributed by atoms with Crippen molar-refractivity contribution >= 4 is 13.8 Å². The molecule has 1 unspecified atom stereocenters. The van der Waals surface area contributed by atoms with Crippen LogP contribution in [-0.2, 0) is 27.9 Å². The fourth-order valence-corrected chi connectivity index (χ4v) is 8.60. The molecular weight excluding hydrogens is 806 g/mol. The van der Waals surface area contributed by atoms with Gasteiger partial charge in [0.05, 0.1) is 34.0 Å². The lowest BCUT2D eigenvalue weighted by Gasteiger charge is -2.28. The van der Waals surface area contributed by atoms with E-state index in [0.29, 0.717) is 17.4 Å². The molecule has 0 N–H and O–H groups in total. The van der Waals surface area contributed by atoms with Gasteiger partial charge in [-0.05, 0) is 44.6 Å². The minimum Gasteiger partial charge on any atom is -0.756 e. The number of rotatable bonds is 51. The molecule has 0 aliphatic carbocycles. The Balaban J connectivity index is 4.14. The molecule has 0 aliphatic heterocycles. The number of phosphoric ester groups is 1. The van der Waals surface area contributed by atoms with Gasteiger partial charge in [-0.3, -0.25) is 9.36 Å². The molecule has 2 atom stereocenters. The summed E-state index contributed by atoms with van der Waals surface area (Å²) in [5.41, 5.74) is 0. The van der Waals surface area contributed by atoms with Crippen LogP contribution in [0.25, 0.3) is 0 Å². The number of unbranched alkanes of at least 4 members (excludes halogenated alkanes) is 35. The largest absolute Gasteiger partial charge is 0.756 e. The molecule has 0 aliphatic rings. The first kappa shape index (κ1) is 61.8. The third-order valence-electron chi connectivity index (χ3n) is 12.1. The number of likely N-dealkylation sites (N-methyl/N-ethyl adjacent to an activating group) is 1. The number of ether oxygens (including phenoxy) is 2. The Hall–Kier alpha value is -1.18. The van der Waals surface area contributed by atoms with Gasteiger partial charge in [-0.1, -0.05) is 231 Å². The zero-order valence-corrected chi connectivity index (χ0v) is 43.4. The fourth-order valence-electron chi connectivity index (χ4n) is 7.87. The molecule has 8 nitrogen and oxygen atoms in total. The smallest absolute Gasteiger partial charge is 0.306 e. The lowest BCUT2D eigenvalue weighted by molar-refractivity contribution is -0.870. The van der Waals surface area contributed by atoms with Crippen LogP contribution in [-0.4, -0.2) is 64.1 Å². The van der Waals surface area contributed by atoms with Crippen molar-refractivity contribution in [3.05, 3.63) is 24.5 Å². The molecule has 374 valence electrons. The minimum absolute atomic E-state index is 0.0133. The molecule has 0 saturated heterocycles. The number of carbonyl (C=O) groups excluding carboxylic acids is 1. The molecule has 0 amide bonds. The molecule has 0 aromatic rings. The van der Waals surface area contributed by atoms with Crippen LogP contribution in [0.1, 0.15) is 264 Å². The Bertz CT molecular complexity index is 1060. The van der Waals surface area contributed by atoms with Crippen molar-refractivity contribution in [2.75, 3.05) is 47.5 Å². The Kier molecular flexibility index (Phi) is 46.4. The predicted molar refractivity (Wildman–Crippen MR) is 268 cm³/mol. The molecule has 0 saturated carbocycles. The van der Waals surface area contributed by atoms with Crippen LogP contribution in [0.2, 0.25) is 0 Å². The number of allylic oxidation sites excluding steroid dienone is 3. The van der Waals surface area contributed by atoms with Gasteiger partial charge in [-0.15, -0.1) is 0 Å². The molecule has 0 aromatic carbocycles. The number of esters is 1. The van der Waals surface area contributed by atoms with Gasteiger partial charge in [-0.25, -0.2) is 0 Å². The van der Waals surface area contributed by atoms with E-state index in [0.717, 1.165) is 25.7 Å². The van der Waals surface area contributed by atoms with Gasteiger partial charge in [0.15, 0.2) is 6.10 Å². The summed E-state index contributed by atoms with van der Waals surface area (Å²) in [4.78, 5) is 25.2. The SMILES string of the molecule is CCCCCCCCCCCCCCCCCC/C=C/OC[C@H](COP(=O)([O-])OCC[N+](C)(C)C)OC(=O)CCC/C=C/CCCCCCCCCCCCCCCCCCCC. The van der Waals surface area contributed by atoms with Gasteiger partial charge < -0.3 is 27.9 Å². The van der Waals surface area contributed by atoms with Crippen molar-refractivity contribution in [1.29, 1.82) is 0 Å². The van der Waals surface area contributed by atoms with Gasteiger partial charge >= 0.3 is 5.97 Å². The molecule has 9 heteroatoms. The number of quaternary nitrogens is 1. The highest BCUT2D eigenvalue weighted by Gasteiger charge is 2.20. The zero-order chi connectivity index (χ0) is 46.2. The van der Waals surface area contributed by atoms with Crippen LogP contribution in [0, 0.1) is 0 Å². The van der Waals surface area contributed by atoms with Gasteiger partial charge in [-0.2, -0.15) is 0 Å². The molecule has 0 aromatic heterocycles. The van der Waals surface area contributed by atoms with E-state index in [9.17, 15) is 14.3 Å². The van der Waals surface area contributed by atoms with Crippen LogP contribution in [0.15, 0.2) is 24.5 Å². The van der Waals surface area contributed by atoms with Crippen LogP contribution >= 0.6 is 7.82 Å². The normalized spacial score (nSPS) is 13.6. The monoisotopic (exact) mass is 912 g/mol. The van der Waals surface area contributed by atoms with Gasteiger partial charge in [0.1, 0.15) is 19.8 Å². The maximum absolute atomic E-state index is 12.7. The van der Waals surface area contributed by atoms with Crippen LogP contribution in [0.3, 0.4) is 0 Å². The second-order valence-electron chi connectivity index (χ2n) is 19.7. The highest BCUT2D eigenvalue weighted by Crippen LogP contribution is 2.38. The predicted octanol–water partition coefficient (Wildman–Crippen LogP) is 16.4. The van der Waals surface area contributed by atoms with Crippen molar-refractivity contribution in [1.82, 2.24) is 0 Å². The van der Waals surface area contributed by atoms with Gasteiger partial charge in [0.2, 0.25) is 0 Å².